The molecule has 0 radical (unpaired) electrons. The maximum absolute atomic E-state index is 12.4. The summed E-state index contributed by atoms with van der Waals surface area (Å²) in [6, 6.07) is 3.48. The maximum Gasteiger partial charge on any atom is 0.314 e. The Bertz CT molecular complexity index is 608. The first-order valence-electron chi connectivity index (χ1n) is 7.86. The summed E-state index contributed by atoms with van der Waals surface area (Å²) in [5.74, 6) is -0.420. The molecule has 0 saturated carbocycles. The smallest absolute Gasteiger partial charge is 0.314 e. The average Bonchev–Trinajstić information content (AvgIpc) is 3.01. The van der Waals surface area contributed by atoms with Crippen molar-refractivity contribution in [3.05, 3.63) is 17.0 Å². The van der Waals surface area contributed by atoms with Gasteiger partial charge in [0.1, 0.15) is 17.0 Å². The number of rotatable bonds is 5. The highest BCUT2D eigenvalue weighted by Gasteiger charge is 2.35. The van der Waals surface area contributed by atoms with Crippen molar-refractivity contribution in [3.63, 3.8) is 0 Å². The second-order valence-electron chi connectivity index (χ2n) is 5.69. The van der Waals surface area contributed by atoms with Crippen LogP contribution in [0.5, 0.6) is 0 Å². The molecule has 1 saturated heterocycles. The number of likely N-dealkylation sites (tertiary alicyclic amines) is 1. The van der Waals surface area contributed by atoms with E-state index >= 15 is 0 Å². The van der Waals surface area contributed by atoms with Crippen molar-refractivity contribution in [2.24, 2.45) is 5.92 Å². The SMILES string of the molecule is CCOC(=O)[C@H]1CCC[NH+]([C@@H](C)C(=O)Nc2sccc2C#N)C1. The highest BCUT2D eigenvalue weighted by Crippen LogP contribution is 2.22. The summed E-state index contributed by atoms with van der Waals surface area (Å²) in [4.78, 5) is 25.4. The molecular formula is C16H22N3O3S+. The molecule has 1 aliphatic heterocycles. The third-order valence-electron chi connectivity index (χ3n) is 4.21. The number of amides is 1. The third-order valence-corrected chi connectivity index (χ3v) is 5.04. The van der Waals surface area contributed by atoms with Gasteiger partial charge in [-0.25, -0.2) is 0 Å². The number of esters is 1. The number of thiophene rings is 1. The number of nitriles is 1. The van der Waals surface area contributed by atoms with E-state index < -0.39 is 0 Å². The van der Waals surface area contributed by atoms with Crippen LogP contribution in [0.3, 0.4) is 0 Å². The number of quaternary nitrogens is 1. The zero-order valence-corrected chi connectivity index (χ0v) is 14.2. The lowest BCUT2D eigenvalue weighted by molar-refractivity contribution is -0.921. The van der Waals surface area contributed by atoms with E-state index in [-0.39, 0.29) is 23.8 Å². The highest BCUT2D eigenvalue weighted by atomic mass is 32.1. The standard InChI is InChI=1S/C16H21N3O3S/c1-3-22-16(21)13-5-4-7-19(10-13)11(2)14(20)18-15-12(9-17)6-8-23-15/h6,8,11,13H,3-5,7,10H2,1-2H3,(H,18,20)/p+1/t11-,13-/m0/s1. The average molecular weight is 336 g/mol. The Labute approximate surface area is 140 Å². The first-order chi connectivity index (χ1) is 11.1. The van der Waals surface area contributed by atoms with Crippen molar-refractivity contribution in [1.82, 2.24) is 0 Å². The van der Waals surface area contributed by atoms with Gasteiger partial charge in [0.05, 0.1) is 25.3 Å². The van der Waals surface area contributed by atoms with Gasteiger partial charge in [-0.3, -0.25) is 9.59 Å². The van der Waals surface area contributed by atoms with Crippen molar-refractivity contribution in [3.8, 4) is 6.07 Å². The summed E-state index contributed by atoms with van der Waals surface area (Å²) >= 11 is 1.34. The number of piperidine rings is 1. The Morgan fingerprint density at radius 3 is 3.09 bits per heavy atom. The summed E-state index contributed by atoms with van der Waals surface area (Å²) < 4.78 is 5.10. The molecule has 3 atom stereocenters. The summed E-state index contributed by atoms with van der Waals surface area (Å²) in [5, 5.41) is 14.2. The number of nitrogens with zero attached hydrogens (tertiary/aromatic N) is 1. The number of hydrogen-bond donors (Lipinski definition) is 2. The van der Waals surface area contributed by atoms with Gasteiger partial charge in [-0.1, -0.05) is 0 Å². The Morgan fingerprint density at radius 1 is 1.61 bits per heavy atom. The number of hydrogen-bond acceptors (Lipinski definition) is 5. The fourth-order valence-electron chi connectivity index (χ4n) is 2.85. The Balaban J connectivity index is 1.96. The minimum absolute atomic E-state index is 0.122. The van der Waals surface area contributed by atoms with E-state index in [0.29, 0.717) is 23.7 Å². The van der Waals surface area contributed by atoms with Crippen LogP contribution in [0.15, 0.2) is 11.4 Å². The van der Waals surface area contributed by atoms with E-state index in [4.69, 9.17) is 10.00 Å². The van der Waals surface area contributed by atoms with Crippen LogP contribution in [0.1, 0.15) is 32.3 Å². The number of carbonyl (C=O) groups excluding carboxylic acids is 2. The molecule has 1 aromatic heterocycles. The van der Waals surface area contributed by atoms with Crippen LogP contribution in [-0.4, -0.2) is 37.6 Å². The van der Waals surface area contributed by atoms with Crippen LogP contribution in [0, 0.1) is 17.2 Å². The van der Waals surface area contributed by atoms with Gasteiger partial charge in [-0.15, -0.1) is 11.3 Å². The molecule has 1 unspecified atom stereocenters. The zero-order valence-electron chi connectivity index (χ0n) is 13.4. The van der Waals surface area contributed by atoms with Crippen molar-refractivity contribution in [1.29, 1.82) is 5.26 Å². The van der Waals surface area contributed by atoms with Gasteiger partial charge in [0.15, 0.2) is 6.04 Å². The number of anilines is 1. The first-order valence-corrected chi connectivity index (χ1v) is 8.74. The van der Waals surface area contributed by atoms with Crippen molar-refractivity contribution in [2.75, 3.05) is 25.0 Å². The Morgan fingerprint density at radius 2 is 2.39 bits per heavy atom. The summed E-state index contributed by atoms with van der Waals surface area (Å²) in [6.07, 6.45) is 1.72. The van der Waals surface area contributed by atoms with E-state index in [1.165, 1.54) is 11.3 Å². The van der Waals surface area contributed by atoms with Crippen LogP contribution >= 0.6 is 11.3 Å². The monoisotopic (exact) mass is 336 g/mol. The quantitative estimate of drug-likeness (QED) is 0.779. The molecule has 1 aliphatic rings. The number of carbonyl (C=O) groups is 2. The van der Waals surface area contributed by atoms with Crippen molar-refractivity contribution in [2.45, 2.75) is 32.7 Å². The van der Waals surface area contributed by atoms with E-state index in [1.807, 2.05) is 6.92 Å². The minimum Gasteiger partial charge on any atom is -0.466 e. The van der Waals surface area contributed by atoms with Gasteiger partial charge in [0.25, 0.3) is 5.91 Å². The molecule has 7 heteroatoms. The summed E-state index contributed by atoms with van der Waals surface area (Å²) in [5.41, 5.74) is 0.480. The molecule has 0 aliphatic carbocycles. The Hall–Kier alpha value is -1.91. The molecule has 1 fully saturated rings. The summed E-state index contributed by atoms with van der Waals surface area (Å²) in [7, 11) is 0. The van der Waals surface area contributed by atoms with Crippen LogP contribution in [0.25, 0.3) is 0 Å². The molecule has 0 aromatic carbocycles. The molecule has 2 rings (SSSR count). The lowest BCUT2D eigenvalue weighted by Gasteiger charge is -2.32. The molecule has 6 nitrogen and oxygen atoms in total. The molecule has 0 spiro atoms. The lowest BCUT2D eigenvalue weighted by Crippen LogP contribution is -3.18. The van der Waals surface area contributed by atoms with Gasteiger partial charge in [0.2, 0.25) is 0 Å². The molecular weight excluding hydrogens is 314 g/mol. The number of nitrogens with one attached hydrogen (secondary N) is 2. The normalized spacial score (nSPS) is 22.0. The van der Waals surface area contributed by atoms with Gasteiger partial charge in [0, 0.05) is 0 Å². The maximum atomic E-state index is 12.4. The van der Waals surface area contributed by atoms with Gasteiger partial charge in [-0.05, 0) is 38.1 Å². The third kappa shape index (κ3) is 4.30. The molecule has 1 aromatic rings. The van der Waals surface area contributed by atoms with Crippen molar-refractivity contribution >= 4 is 28.2 Å². The second kappa shape index (κ2) is 8.09. The molecule has 2 N–H and O–H groups in total. The van der Waals surface area contributed by atoms with Gasteiger partial charge in [-0.2, -0.15) is 5.26 Å². The first kappa shape index (κ1) is 17.4. The predicted octanol–water partition coefficient (Wildman–Crippen LogP) is 0.805. The van der Waals surface area contributed by atoms with Crippen molar-refractivity contribution < 1.29 is 19.2 Å². The lowest BCUT2D eigenvalue weighted by atomic mass is 9.97. The highest BCUT2D eigenvalue weighted by molar-refractivity contribution is 7.14. The van der Waals surface area contributed by atoms with E-state index in [0.717, 1.165) is 24.3 Å². The molecule has 0 bridgehead atoms. The minimum atomic E-state index is -0.277. The van der Waals surface area contributed by atoms with Crippen LogP contribution in [-0.2, 0) is 14.3 Å². The topological polar surface area (TPSA) is 83.6 Å². The molecule has 1 amide bonds. The second-order valence-corrected chi connectivity index (χ2v) is 6.61. The van der Waals surface area contributed by atoms with Crippen LogP contribution in [0.4, 0.5) is 5.00 Å². The Kier molecular flexibility index (Phi) is 6.13. The predicted molar refractivity (Wildman–Crippen MR) is 87.2 cm³/mol. The fourth-order valence-corrected chi connectivity index (χ4v) is 3.59. The summed E-state index contributed by atoms with van der Waals surface area (Å²) in [6.45, 7) is 5.52. The van der Waals surface area contributed by atoms with E-state index in [1.54, 1.807) is 18.4 Å². The fraction of sp³-hybridized carbons (Fsp3) is 0.562. The van der Waals surface area contributed by atoms with Crippen LogP contribution in [0.2, 0.25) is 0 Å². The largest absolute Gasteiger partial charge is 0.466 e. The van der Waals surface area contributed by atoms with E-state index in [9.17, 15) is 9.59 Å². The zero-order chi connectivity index (χ0) is 16.8. The van der Waals surface area contributed by atoms with E-state index in [2.05, 4.69) is 11.4 Å². The van der Waals surface area contributed by atoms with Crippen LogP contribution < -0.4 is 10.2 Å². The molecule has 2 heterocycles. The van der Waals surface area contributed by atoms with Gasteiger partial charge < -0.3 is 15.0 Å². The molecule has 23 heavy (non-hydrogen) atoms. The number of ether oxygens (including phenoxy) is 1. The van der Waals surface area contributed by atoms with Gasteiger partial charge >= 0.3 is 5.97 Å². The molecule has 124 valence electrons.